The molecule has 0 radical (unpaired) electrons. The van der Waals surface area contributed by atoms with Crippen LogP contribution in [-0.4, -0.2) is 46.2 Å². The molecule has 0 aliphatic carbocycles. The average Bonchev–Trinajstić information content (AvgIpc) is 3.17. The van der Waals surface area contributed by atoms with Crippen molar-refractivity contribution < 1.29 is 14.3 Å². The number of rotatable bonds is 4. The summed E-state index contributed by atoms with van der Waals surface area (Å²) < 4.78 is 12.4. The smallest absolute Gasteiger partial charge is 0.211 e. The summed E-state index contributed by atoms with van der Waals surface area (Å²) >= 11 is 6.53. The van der Waals surface area contributed by atoms with Crippen LogP contribution in [0.3, 0.4) is 0 Å². The summed E-state index contributed by atoms with van der Waals surface area (Å²) in [6.45, 7) is 3.33. The SMILES string of the molecule is CC1(c2[nH]n3nc(-c4ccc(NC=O)cc4)nc3c2Cl)COCOC1. The second-order valence-electron chi connectivity index (χ2n) is 6.19. The molecule has 1 aliphatic heterocycles. The van der Waals surface area contributed by atoms with Crippen LogP contribution < -0.4 is 5.32 Å². The van der Waals surface area contributed by atoms with E-state index in [0.29, 0.717) is 48.6 Å². The summed E-state index contributed by atoms with van der Waals surface area (Å²) in [6, 6.07) is 7.23. The lowest BCUT2D eigenvalue weighted by Crippen LogP contribution is -2.39. The fourth-order valence-corrected chi connectivity index (χ4v) is 3.28. The molecule has 0 unspecified atom stereocenters. The number of nitrogens with one attached hydrogen (secondary N) is 2. The fraction of sp³-hybridized carbons (Fsp3) is 0.312. The maximum Gasteiger partial charge on any atom is 0.211 e. The molecule has 1 aromatic carbocycles. The minimum Gasteiger partial charge on any atom is -0.354 e. The van der Waals surface area contributed by atoms with Gasteiger partial charge in [-0.05, 0) is 31.2 Å². The van der Waals surface area contributed by atoms with Crippen LogP contribution in [0.15, 0.2) is 24.3 Å². The quantitative estimate of drug-likeness (QED) is 0.695. The lowest BCUT2D eigenvalue weighted by Gasteiger charge is -2.32. The third-order valence-electron chi connectivity index (χ3n) is 4.22. The van der Waals surface area contributed by atoms with Gasteiger partial charge in [0.05, 0.1) is 24.3 Å². The van der Waals surface area contributed by atoms with Crippen molar-refractivity contribution in [2.24, 2.45) is 0 Å². The zero-order chi connectivity index (χ0) is 17.4. The number of hydrogen-bond acceptors (Lipinski definition) is 5. The van der Waals surface area contributed by atoms with E-state index in [1.807, 2.05) is 19.1 Å². The largest absolute Gasteiger partial charge is 0.354 e. The molecule has 4 rings (SSSR count). The Labute approximate surface area is 148 Å². The predicted molar refractivity (Wildman–Crippen MR) is 91.6 cm³/mol. The highest BCUT2D eigenvalue weighted by atomic mass is 35.5. The van der Waals surface area contributed by atoms with Crippen molar-refractivity contribution in [2.45, 2.75) is 12.3 Å². The Morgan fingerprint density at radius 2 is 2.04 bits per heavy atom. The number of anilines is 1. The van der Waals surface area contributed by atoms with Gasteiger partial charge >= 0.3 is 0 Å². The molecule has 9 heteroatoms. The highest BCUT2D eigenvalue weighted by Gasteiger charge is 2.36. The summed E-state index contributed by atoms with van der Waals surface area (Å²) in [5.41, 5.74) is 2.49. The van der Waals surface area contributed by atoms with Gasteiger partial charge in [0.25, 0.3) is 0 Å². The first-order valence-electron chi connectivity index (χ1n) is 7.71. The number of aromatic nitrogens is 4. The molecule has 1 saturated heterocycles. The Morgan fingerprint density at radius 1 is 1.32 bits per heavy atom. The van der Waals surface area contributed by atoms with Gasteiger partial charge in [-0.3, -0.25) is 9.89 Å². The normalized spacial score (nSPS) is 16.9. The highest BCUT2D eigenvalue weighted by Crippen LogP contribution is 2.34. The number of nitrogens with zero attached hydrogens (tertiary/aromatic N) is 3. The first-order chi connectivity index (χ1) is 12.1. The molecule has 8 nitrogen and oxygen atoms in total. The molecule has 0 saturated carbocycles. The van der Waals surface area contributed by atoms with Gasteiger partial charge in [-0.15, -0.1) is 5.10 Å². The van der Waals surface area contributed by atoms with Crippen LogP contribution in [0.1, 0.15) is 12.6 Å². The van der Waals surface area contributed by atoms with Crippen molar-refractivity contribution in [1.29, 1.82) is 0 Å². The van der Waals surface area contributed by atoms with Gasteiger partial charge in [0.1, 0.15) is 11.8 Å². The van der Waals surface area contributed by atoms with E-state index in [1.54, 1.807) is 16.8 Å². The first kappa shape index (κ1) is 16.1. The van der Waals surface area contributed by atoms with Crippen molar-refractivity contribution in [3.8, 4) is 11.4 Å². The number of hydrogen-bond donors (Lipinski definition) is 2. The maximum atomic E-state index is 10.5. The summed E-state index contributed by atoms with van der Waals surface area (Å²) in [5, 5.41) is 10.7. The average molecular weight is 362 g/mol. The molecule has 25 heavy (non-hydrogen) atoms. The van der Waals surface area contributed by atoms with Crippen molar-refractivity contribution in [1.82, 2.24) is 19.8 Å². The number of aromatic amines is 1. The predicted octanol–water partition coefficient (Wildman–Crippen LogP) is 2.21. The molecule has 0 bridgehead atoms. The number of ether oxygens (including phenoxy) is 2. The molecule has 0 atom stereocenters. The lowest BCUT2D eigenvalue weighted by atomic mass is 9.88. The number of benzene rings is 1. The van der Waals surface area contributed by atoms with Crippen molar-refractivity contribution in [3.63, 3.8) is 0 Å². The molecular weight excluding hydrogens is 346 g/mol. The van der Waals surface area contributed by atoms with Gasteiger partial charge < -0.3 is 14.8 Å². The molecule has 2 N–H and O–H groups in total. The Bertz CT molecular complexity index is 912. The molecule has 1 aliphatic rings. The maximum absolute atomic E-state index is 10.5. The van der Waals surface area contributed by atoms with E-state index < -0.39 is 0 Å². The second-order valence-corrected chi connectivity index (χ2v) is 6.56. The summed E-state index contributed by atoms with van der Waals surface area (Å²) in [5.74, 6) is 0.540. The number of carbonyl (C=O) groups excluding carboxylic acids is 1. The molecule has 130 valence electrons. The van der Waals surface area contributed by atoms with Crippen LogP contribution in [0.2, 0.25) is 5.02 Å². The van der Waals surface area contributed by atoms with E-state index in [-0.39, 0.29) is 5.41 Å². The highest BCUT2D eigenvalue weighted by molar-refractivity contribution is 6.34. The minimum absolute atomic E-state index is 0.294. The topological polar surface area (TPSA) is 93.5 Å². The van der Waals surface area contributed by atoms with Crippen LogP contribution in [0, 0.1) is 0 Å². The van der Waals surface area contributed by atoms with E-state index in [2.05, 4.69) is 20.5 Å². The van der Waals surface area contributed by atoms with Crippen molar-refractivity contribution in [2.75, 3.05) is 25.3 Å². The van der Waals surface area contributed by atoms with E-state index in [9.17, 15) is 4.79 Å². The Hall–Kier alpha value is -2.42. The number of halogens is 1. The van der Waals surface area contributed by atoms with Gasteiger partial charge in [0.2, 0.25) is 6.41 Å². The number of amides is 1. The third kappa shape index (κ3) is 2.78. The van der Waals surface area contributed by atoms with Crippen LogP contribution in [0.4, 0.5) is 5.69 Å². The molecule has 3 aromatic rings. The second kappa shape index (κ2) is 6.14. The first-order valence-corrected chi connectivity index (χ1v) is 8.09. The van der Waals surface area contributed by atoms with Gasteiger partial charge in [-0.25, -0.2) is 4.98 Å². The van der Waals surface area contributed by atoms with Gasteiger partial charge in [0.15, 0.2) is 11.5 Å². The van der Waals surface area contributed by atoms with Gasteiger partial charge in [-0.1, -0.05) is 11.6 Å². The zero-order valence-electron chi connectivity index (χ0n) is 13.5. The Balaban J connectivity index is 1.68. The number of carbonyl (C=O) groups is 1. The monoisotopic (exact) mass is 361 g/mol. The van der Waals surface area contributed by atoms with Gasteiger partial charge in [0, 0.05) is 11.3 Å². The van der Waals surface area contributed by atoms with Crippen LogP contribution in [-0.2, 0) is 19.7 Å². The van der Waals surface area contributed by atoms with Gasteiger partial charge in [-0.2, -0.15) is 4.63 Å². The third-order valence-corrected chi connectivity index (χ3v) is 4.58. The molecule has 1 fully saturated rings. The van der Waals surface area contributed by atoms with E-state index in [4.69, 9.17) is 21.1 Å². The number of H-pyrrole nitrogens is 1. The Kier molecular flexibility index (Phi) is 3.95. The van der Waals surface area contributed by atoms with E-state index in [0.717, 1.165) is 11.3 Å². The molecule has 1 amide bonds. The summed E-state index contributed by atoms with van der Waals surface area (Å²) in [4.78, 5) is 15.0. The molecule has 0 spiro atoms. The standard InChI is InChI=1S/C16H16ClN5O3/c1-16(6-24-9-25-7-16)13-12(17)15-19-14(21-22(15)20-13)10-2-4-11(5-3-10)18-8-23/h2-5,8,20H,6-7,9H2,1H3,(H,18,23). The van der Waals surface area contributed by atoms with Crippen LogP contribution >= 0.6 is 11.6 Å². The summed E-state index contributed by atoms with van der Waals surface area (Å²) in [6.07, 6.45) is 0.633. The van der Waals surface area contributed by atoms with Crippen LogP contribution in [0.5, 0.6) is 0 Å². The minimum atomic E-state index is -0.375. The van der Waals surface area contributed by atoms with Crippen LogP contribution in [0.25, 0.3) is 17.0 Å². The molecule has 3 heterocycles. The van der Waals surface area contributed by atoms with E-state index in [1.165, 1.54) is 0 Å². The molecular formula is C16H16ClN5O3. The zero-order valence-corrected chi connectivity index (χ0v) is 14.2. The molecule has 2 aromatic heterocycles. The van der Waals surface area contributed by atoms with Crippen molar-refractivity contribution >= 4 is 29.3 Å². The number of fused-ring (bicyclic) bond motifs is 1. The Morgan fingerprint density at radius 3 is 2.68 bits per heavy atom. The van der Waals surface area contributed by atoms with Crippen molar-refractivity contribution in [3.05, 3.63) is 35.0 Å². The lowest BCUT2D eigenvalue weighted by molar-refractivity contribution is -0.134. The summed E-state index contributed by atoms with van der Waals surface area (Å²) in [7, 11) is 0. The van der Waals surface area contributed by atoms with E-state index >= 15 is 0 Å². The fourth-order valence-electron chi connectivity index (χ4n) is 2.88.